The third-order valence-electron chi connectivity index (χ3n) is 5.07. The molecule has 0 unspecified atom stereocenters. The molecule has 0 aliphatic heterocycles. The van der Waals surface area contributed by atoms with E-state index in [0.717, 1.165) is 23.1 Å². The first-order chi connectivity index (χ1) is 13.3. The van der Waals surface area contributed by atoms with Crippen molar-refractivity contribution in [2.75, 3.05) is 0 Å². The molecule has 2 amide bonds. The molecule has 2 aromatic rings. The molecule has 0 aliphatic carbocycles. The van der Waals surface area contributed by atoms with Crippen molar-refractivity contribution in [3.05, 3.63) is 70.2 Å². The molecule has 5 heteroatoms. The van der Waals surface area contributed by atoms with Crippen LogP contribution in [0.25, 0.3) is 0 Å². The van der Waals surface area contributed by atoms with Crippen LogP contribution in [0.1, 0.15) is 43.9 Å². The number of amides is 2. The highest BCUT2D eigenvalue weighted by Crippen LogP contribution is 2.20. The summed E-state index contributed by atoms with van der Waals surface area (Å²) in [5.74, 6) is -0.249. The Labute approximate surface area is 172 Å². The molecule has 0 bridgehead atoms. The van der Waals surface area contributed by atoms with Crippen molar-refractivity contribution in [2.24, 2.45) is 0 Å². The van der Waals surface area contributed by atoms with Crippen LogP contribution in [0.15, 0.2) is 48.5 Å². The lowest BCUT2D eigenvalue weighted by molar-refractivity contribution is -0.140. The Balaban J connectivity index is 2.26. The lowest BCUT2D eigenvalue weighted by Crippen LogP contribution is -2.50. The minimum Gasteiger partial charge on any atom is -0.352 e. The van der Waals surface area contributed by atoms with E-state index in [1.807, 2.05) is 63.2 Å². The van der Waals surface area contributed by atoms with Gasteiger partial charge in [0.15, 0.2) is 0 Å². The van der Waals surface area contributed by atoms with Gasteiger partial charge in [-0.15, -0.1) is 0 Å². The molecule has 0 spiro atoms. The quantitative estimate of drug-likeness (QED) is 0.708. The molecule has 2 atom stereocenters. The number of nitrogens with zero attached hydrogens (tertiary/aromatic N) is 1. The topological polar surface area (TPSA) is 49.4 Å². The Bertz CT molecular complexity index is 822. The van der Waals surface area contributed by atoms with Gasteiger partial charge in [0.2, 0.25) is 11.8 Å². The molecule has 0 aromatic heterocycles. The zero-order chi connectivity index (χ0) is 20.7. The van der Waals surface area contributed by atoms with Gasteiger partial charge >= 0.3 is 0 Å². The molecule has 0 heterocycles. The van der Waals surface area contributed by atoms with E-state index in [1.54, 1.807) is 17.9 Å². The first-order valence-electron chi connectivity index (χ1n) is 9.71. The van der Waals surface area contributed by atoms with Gasteiger partial charge in [0.05, 0.1) is 6.42 Å². The van der Waals surface area contributed by atoms with Crippen LogP contribution in [0.3, 0.4) is 0 Å². The number of hydrogen-bond acceptors (Lipinski definition) is 2. The number of rotatable bonds is 8. The second-order valence-corrected chi connectivity index (χ2v) is 7.62. The summed E-state index contributed by atoms with van der Waals surface area (Å²) >= 11 is 6.31. The minimum absolute atomic E-state index is 0.0589. The van der Waals surface area contributed by atoms with Crippen molar-refractivity contribution in [3.8, 4) is 0 Å². The summed E-state index contributed by atoms with van der Waals surface area (Å²) in [5.41, 5.74) is 2.85. The first-order valence-corrected chi connectivity index (χ1v) is 10.1. The maximum absolute atomic E-state index is 13.2. The lowest BCUT2D eigenvalue weighted by Gasteiger charge is -2.30. The summed E-state index contributed by atoms with van der Waals surface area (Å²) in [4.78, 5) is 27.5. The minimum atomic E-state index is -0.596. The van der Waals surface area contributed by atoms with Crippen molar-refractivity contribution in [1.82, 2.24) is 10.2 Å². The Kier molecular flexibility index (Phi) is 8.06. The standard InChI is InChI=1S/C23H29ClN2O2/c1-5-17(3)25-23(28)18(4)26(15-20-12-8-9-13-21(20)24)22(27)14-19-11-7-6-10-16(19)2/h6-13,17-18H,5,14-15H2,1-4H3,(H,25,28)/t17-,18+/m0/s1. The van der Waals surface area contributed by atoms with E-state index in [9.17, 15) is 9.59 Å². The predicted octanol–water partition coefficient (Wildman–Crippen LogP) is 4.52. The second-order valence-electron chi connectivity index (χ2n) is 7.21. The number of hydrogen-bond donors (Lipinski definition) is 1. The van der Waals surface area contributed by atoms with E-state index >= 15 is 0 Å². The Hall–Kier alpha value is -2.33. The van der Waals surface area contributed by atoms with Gasteiger partial charge in [0.25, 0.3) is 0 Å². The van der Waals surface area contributed by atoms with E-state index in [-0.39, 0.29) is 24.3 Å². The molecule has 4 nitrogen and oxygen atoms in total. The van der Waals surface area contributed by atoms with Crippen LogP contribution in [0.2, 0.25) is 5.02 Å². The third kappa shape index (κ3) is 5.83. The van der Waals surface area contributed by atoms with E-state index in [1.165, 1.54) is 0 Å². The zero-order valence-corrected chi connectivity index (χ0v) is 17.8. The van der Waals surface area contributed by atoms with Gasteiger partial charge in [-0.3, -0.25) is 9.59 Å². The maximum Gasteiger partial charge on any atom is 0.242 e. The maximum atomic E-state index is 13.2. The summed E-state index contributed by atoms with van der Waals surface area (Å²) in [6.45, 7) is 8.02. The Morgan fingerprint density at radius 1 is 1.04 bits per heavy atom. The molecule has 0 aliphatic rings. The Morgan fingerprint density at radius 3 is 2.25 bits per heavy atom. The van der Waals surface area contributed by atoms with Gasteiger partial charge in [-0.1, -0.05) is 61.0 Å². The van der Waals surface area contributed by atoms with E-state index in [2.05, 4.69) is 5.32 Å². The van der Waals surface area contributed by atoms with Crippen LogP contribution in [0.5, 0.6) is 0 Å². The van der Waals surface area contributed by atoms with Crippen molar-refractivity contribution in [1.29, 1.82) is 0 Å². The predicted molar refractivity (Wildman–Crippen MR) is 114 cm³/mol. The molecule has 150 valence electrons. The zero-order valence-electron chi connectivity index (χ0n) is 17.0. The van der Waals surface area contributed by atoms with Crippen LogP contribution in [-0.2, 0) is 22.6 Å². The molecule has 2 rings (SSSR count). The van der Waals surface area contributed by atoms with Crippen molar-refractivity contribution < 1.29 is 9.59 Å². The molecular formula is C23H29ClN2O2. The smallest absolute Gasteiger partial charge is 0.242 e. The SMILES string of the molecule is CC[C@H](C)NC(=O)[C@@H](C)N(Cc1ccccc1Cl)C(=O)Cc1ccccc1C. The van der Waals surface area contributed by atoms with Crippen LogP contribution in [-0.4, -0.2) is 28.8 Å². The summed E-state index contributed by atoms with van der Waals surface area (Å²) in [6.07, 6.45) is 1.08. The number of carbonyl (C=O) groups is 2. The van der Waals surface area contributed by atoms with Gasteiger partial charge in [0, 0.05) is 17.6 Å². The molecule has 1 N–H and O–H groups in total. The second kappa shape index (κ2) is 10.3. The van der Waals surface area contributed by atoms with Gasteiger partial charge < -0.3 is 10.2 Å². The number of carbonyl (C=O) groups excluding carboxylic acids is 2. The average Bonchev–Trinajstić information content (AvgIpc) is 2.68. The van der Waals surface area contributed by atoms with Crippen LogP contribution >= 0.6 is 11.6 Å². The van der Waals surface area contributed by atoms with Crippen LogP contribution < -0.4 is 5.32 Å². The van der Waals surface area contributed by atoms with Crippen molar-refractivity contribution in [2.45, 2.75) is 59.2 Å². The normalized spacial score (nSPS) is 12.9. The van der Waals surface area contributed by atoms with Gasteiger partial charge in [-0.25, -0.2) is 0 Å². The van der Waals surface area contributed by atoms with Crippen molar-refractivity contribution in [3.63, 3.8) is 0 Å². The number of aryl methyl sites for hydroxylation is 1. The molecule has 0 fully saturated rings. The molecule has 0 saturated carbocycles. The number of benzene rings is 2. The van der Waals surface area contributed by atoms with E-state index < -0.39 is 6.04 Å². The molecule has 0 saturated heterocycles. The van der Waals surface area contributed by atoms with Gasteiger partial charge in [-0.05, 0) is 49.9 Å². The first kappa shape index (κ1) is 22.0. The fourth-order valence-electron chi connectivity index (χ4n) is 2.93. The number of halogens is 1. The molecule has 0 radical (unpaired) electrons. The summed E-state index contributed by atoms with van der Waals surface area (Å²) < 4.78 is 0. The largest absolute Gasteiger partial charge is 0.352 e. The molecule has 2 aromatic carbocycles. The fraction of sp³-hybridized carbons (Fsp3) is 0.391. The number of nitrogens with one attached hydrogen (secondary N) is 1. The molecule has 28 heavy (non-hydrogen) atoms. The van der Waals surface area contributed by atoms with Crippen LogP contribution in [0.4, 0.5) is 0 Å². The summed E-state index contributed by atoms with van der Waals surface area (Å²) in [7, 11) is 0. The lowest BCUT2D eigenvalue weighted by atomic mass is 10.0. The van der Waals surface area contributed by atoms with Crippen LogP contribution in [0, 0.1) is 6.92 Å². The monoisotopic (exact) mass is 400 g/mol. The Morgan fingerprint density at radius 2 is 1.64 bits per heavy atom. The fourth-order valence-corrected chi connectivity index (χ4v) is 3.13. The summed E-state index contributed by atoms with van der Waals surface area (Å²) in [6, 6.07) is 14.7. The van der Waals surface area contributed by atoms with Gasteiger partial charge in [-0.2, -0.15) is 0 Å². The highest BCUT2D eigenvalue weighted by Gasteiger charge is 2.27. The van der Waals surface area contributed by atoms with E-state index in [0.29, 0.717) is 11.6 Å². The molecular weight excluding hydrogens is 372 g/mol. The van der Waals surface area contributed by atoms with E-state index in [4.69, 9.17) is 11.6 Å². The highest BCUT2D eigenvalue weighted by molar-refractivity contribution is 6.31. The third-order valence-corrected chi connectivity index (χ3v) is 5.44. The van der Waals surface area contributed by atoms with Gasteiger partial charge in [0.1, 0.15) is 6.04 Å². The average molecular weight is 401 g/mol. The highest BCUT2D eigenvalue weighted by atomic mass is 35.5. The summed E-state index contributed by atoms with van der Waals surface area (Å²) in [5, 5.41) is 3.56. The van der Waals surface area contributed by atoms with Crippen molar-refractivity contribution >= 4 is 23.4 Å².